The maximum Gasteiger partial charge on any atom is 0.224 e. The van der Waals surface area contributed by atoms with Crippen LogP contribution in [0.3, 0.4) is 0 Å². The first kappa shape index (κ1) is 11.6. The molecular weight excluding hydrogens is 214 g/mol. The molecule has 0 radical (unpaired) electrons. The van der Waals surface area contributed by atoms with Crippen LogP contribution < -0.4 is 5.32 Å². The minimum atomic E-state index is 0.0672. The van der Waals surface area contributed by atoms with E-state index in [0.29, 0.717) is 12.3 Å². The van der Waals surface area contributed by atoms with E-state index in [9.17, 15) is 4.79 Å². The van der Waals surface area contributed by atoms with Gasteiger partial charge >= 0.3 is 0 Å². The molecule has 1 amide bonds. The number of hydrogen-bond acceptors (Lipinski definition) is 2. The highest BCUT2D eigenvalue weighted by molar-refractivity contribution is 5.81. The Morgan fingerprint density at radius 2 is 2.29 bits per heavy atom. The SMILES string of the molecule is CC(C)CNC(=O)Cc1ccc2nc[nH]c2c1. The van der Waals surface area contributed by atoms with Crippen LogP contribution in [-0.2, 0) is 11.2 Å². The Morgan fingerprint density at radius 3 is 3.06 bits per heavy atom. The number of imidazole rings is 1. The topological polar surface area (TPSA) is 57.8 Å². The summed E-state index contributed by atoms with van der Waals surface area (Å²) in [5.74, 6) is 0.548. The first-order chi connectivity index (χ1) is 8.15. The van der Waals surface area contributed by atoms with Crippen molar-refractivity contribution in [2.75, 3.05) is 6.54 Å². The molecule has 0 saturated heterocycles. The van der Waals surface area contributed by atoms with Gasteiger partial charge in [0.1, 0.15) is 0 Å². The van der Waals surface area contributed by atoms with Gasteiger partial charge in [0.25, 0.3) is 0 Å². The Balaban J connectivity index is 2.00. The molecule has 4 nitrogen and oxygen atoms in total. The highest BCUT2D eigenvalue weighted by atomic mass is 16.1. The van der Waals surface area contributed by atoms with E-state index in [-0.39, 0.29) is 5.91 Å². The number of aromatic amines is 1. The van der Waals surface area contributed by atoms with E-state index in [0.717, 1.165) is 23.1 Å². The highest BCUT2D eigenvalue weighted by Crippen LogP contribution is 2.11. The van der Waals surface area contributed by atoms with Crippen molar-refractivity contribution < 1.29 is 4.79 Å². The molecule has 0 unspecified atom stereocenters. The van der Waals surface area contributed by atoms with Crippen LogP contribution in [-0.4, -0.2) is 22.4 Å². The number of benzene rings is 1. The predicted octanol–water partition coefficient (Wildman–Crippen LogP) is 1.88. The molecule has 0 aliphatic heterocycles. The van der Waals surface area contributed by atoms with Crippen molar-refractivity contribution in [1.29, 1.82) is 0 Å². The van der Waals surface area contributed by atoms with E-state index in [1.165, 1.54) is 0 Å². The minimum Gasteiger partial charge on any atom is -0.356 e. The van der Waals surface area contributed by atoms with E-state index < -0.39 is 0 Å². The highest BCUT2D eigenvalue weighted by Gasteiger charge is 2.05. The Hall–Kier alpha value is -1.84. The Morgan fingerprint density at radius 1 is 1.47 bits per heavy atom. The molecule has 0 bridgehead atoms. The van der Waals surface area contributed by atoms with Gasteiger partial charge in [-0.1, -0.05) is 19.9 Å². The summed E-state index contributed by atoms with van der Waals surface area (Å²) < 4.78 is 0. The van der Waals surface area contributed by atoms with Gasteiger partial charge in [0.05, 0.1) is 23.8 Å². The lowest BCUT2D eigenvalue weighted by Gasteiger charge is -2.07. The number of H-pyrrole nitrogens is 1. The fourth-order valence-electron chi connectivity index (χ4n) is 1.66. The smallest absolute Gasteiger partial charge is 0.224 e. The number of hydrogen-bond donors (Lipinski definition) is 2. The third kappa shape index (κ3) is 3.06. The van der Waals surface area contributed by atoms with Crippen LogP contribution in [0.5, 0.6) is 0 Å². The number of nitrogens with zero attached hydrogens (tertiary/aromatic N) is 1. The van der Waals surface area contributed by atoms with Crippen molar-refractivity contribution in [2.24, 2.45) is 5.92 Å². The molecule has 2 aromatic rings. The molecule has 2 rings (SSSR count). The monoisotopic (exact) mass is 231 g/mol. The van der Waals surface area contributed by atoms with Crippen LogP contribution in [0.15, 0.2) is 24.5 Å². The van der Waals surface area contributed by atoms with Gasteiger partial charge in [0.15, 0.2) is 0 Å². The summed E-state index contributed by atoms with van der Waals surface area (Å²) in [5, 5.41) is 2.91. The zero-order valence-electron chi connectivity index (χ0n) is 10.2. The average Bonchev–Trinajstić information content (AvgIpc) is 2.73. The number of rotatable bonds is 4. The number of carbonyl (C=O) groups excluding carboxylic acids is 1. The standard InChI is InChI=1S/C13H17N3O/c1-9(2)7-14-13(17)6-10-3-4-11-12(5-10)16-8-15-11/h3-5,8-9H,6-7H2,1-2H3,(H,14,17)(H,15,16). The summed E-state index contributed by atoms with van der Waals surface area (Å²) in [4.78, 5) is 18.8. The van der Waals surface area contributed by atoms with Gasteiger partial charge in [-0.2, -0.15) is 0 Å². The van der Waals surface area contributed by atoms with Gasteiger partial charge in [-0.15, -0.1) is 0 Å². The van der Waals surface area contributed by atoms with E-state index >= 15 is 0 Å². The average molecular weight is 231 g/mol. The molecule has 0 saturated carbocycles. The zero-order valence-corrected chi connectivity index (χ0v) is 10.2. The molecule has 0 aliphatic carbocycles. The van der Waals surface area contributed by atoms with Gasteiger partial charge in [-0.25, -0.2) is 4.98 Å². The molecule has 0 fully saturated rings. The Bertz CT molecular complexity index is 516. The van der Waals surface area contributed by atoms with Gasteiger partial charge in [0, 0.05) is 6.54 Å². The van der Waals surface area contributed by atoms with E-state index in [1.54, 1.807) is 6.33 Å². The lowest BCUT2D eigenvalue weighted by atomic mass is 10.1. The van der Waals surface area contributed by atoms with Crippen molar-refractivity contribution in [1.82, 2.24) is 15.3 Å². The van der Waals surface area contributed by atoms with Crippen molar-refractivity contribution in [3.8, 4) is 0 Å². The van der Waals surface area contributed by atoms with E-state index in [2.05, 4.69) is 29.1 Å². The summed E-state index contributed by atoms with van der Waals surface area (Å²) in [6.45, 7) is 4.89. The summed E-state index contributed by atoms with van der Waals surface area (Å²) >= 11 is 0. The fraction of sp³-hybridized carbons (Fsp3) is 0.385. The lowest BCUT2D eigenvalue weighted by Crippen LogP contribution is -2.28. The van der Waals surface area contributed by atoms with Gasteiger partial charge in [-0.3, -0.25) is 4.79 Å². The number of nitrogens with one attached hydrogen (secondary N) is 2. The molecule has 0 aliphatic rings. The first-order valence-electron chi connectivity index (χ1n) is 5.84. The van der Waals surface area contributed by atoms with Crippen LogP contribution in [0.2, 0.25) is 0 Å². The second-order valence-corrected chi connectivity index (χ2v) is 4.63. The number of aromatic nitrogens is 2. The molecule has 90 valence electrons. The number of fused-ring (bicyclic) bond motifs is 1. The normalized spacial score (nSPS) is 11.0. The molecule has 1 aromatic carbocycles. The Kier molecular flexibility index (Phi) is 3.42. The molecule has 4 heteroatoms. The molecule has 1 aromatic heterocycles. The van der Waals surface area contributed by atoms with Gasteiger partial charge < -0.3 is 10.3 Å². The second kappa shape index (κ2) is 4.99. The van der Waals surface area contributed by atoms with Crippen molar-refractivity contribution in [3.63, 3.8) is 0 Å². The molecule has 1 heterocycles. The van der Waals surface area contributed by atoms with E-state index in [1.807, 2.05) is 18.2 Å². The van der Waals surface area contributed by atoms with Crippen LogP contribution in [0, 0.1) is 5.92 Å². The van der Waals surface area contributed by atoms with Crippen LogP contribution in [0.25, 0.3) is 11.0 Å². The van der Waals surface area contributed by atoms with Crippen molar-refractivity contribution in [3.05, 3.63) is 30.1 Å². The minimum absolute atomic E-state index is 0.0672. The first-order valence-corrected chi connectivity index (χ1v) is 5.84. The van der Waals surface area contributed by atoms with Crippen LogP contribution in [0.1, 0.15) is 19.4 Å². The number of amides is 1. The van der Waals surface area contributed by atoms with Crippen LogP contribution in [0.4, 0.5) is 0 Å². The summed E-state index contributed by atoms with van der Waals surface area (Å²) in [6.07, 6.45) is 2.08. The molecule has 0 atom stereocenters. The quantitative estimate of drug-likeness (QED) is 0.844. The molecule has 17 heavy (non-hydrogen) atoms. The summed E-state index contributed by atoms with van der Waals surface area (Å²) in [5.41, 5.74) is 2.90. The predicted molar refractivity (Wildman–Crippen MR) is 67.6 cm³/mol. The molecule has 0 spiro atoms. The van der Waals surface area contributed by atoms with Crippen molar-refractivity contribution in [2.45, 2.75) is 20.3 Å². The lowest BCUT2D eigenvalue weighted by molar-refractivity contribution is -0.120. The maximum absolute atomic E-state index is 11.7. The molecular formula is C13H17N3O. The summed E-state index contributed by atoms with van der Waals surface area (Å²) in [6, 6.07) is 5.84. The van der Waals surface area contributed by atoms with Gasteiger partial charge in [-0.05, 0) is 23.6 Å². The second-order valence-electron chi connectivity index (χ2n) is 4.63. The molecule has 2 N–H and O–H groups in total. The fourth-order valence-corrected chi connectivity index (χ4v) is 1.66. The van der Waals surface area contributed by atoms with E-state index in [4.69, 9.17) is 0 Å². The third-order valence-electron chi connectivity index (χ3n) is 2.56. The van der Waals surface area contributed by atoms with Crippen LogP contribution >= 0.6 is 0 Å². The third-order valence-corrected chi connectivity index (χ3v) is 2.56. The zero-order chi connectivity index (χ0) is 12.3. The Labute approximate surface area is 100 Å². The maximum atomic E-state index is 11.7. The largest absolute Gasteiger partial charge is 0.356 e. The summed E-state index contributed by atoms with van der Waals surface area (Å²) in [7, 11) is 0. The number of carbonyl (C=O) groups is 1. The van der Waals surface area contributed by atoms with Gasteiger partial charge in [0.2, 0.25) is 5.91 Å². The van der Waals surface area contributed by atoms with Crippen molar-refractivity contribution >= 4 is 16.9 Å².